The van der Waals surface area contributed by atoms with Gasteiger partial charge in [-0.25, -0.2) is 0 Å². The molecule has 1 N–H and O–H groups in total. The van der Waals surface area contributed by atoms with Gasteiger partial charge in [0.05, 0.1) is 26.7 Å². The maximum Gasteiger partial charge on any atom is 0.225 e. The normalized spacial score (nSPS) is 23.5. The molecule has 2 fully saturated rings. The van der Waals surface area contributed by atoms with Gasteiger partial charge in [0, 0.05) is 44.3 Å². The Morgan fingerprint density at radius 3 is 2.64 bits per heavy atom. The largest absolute Gasteiger partial charge is 0.493 e. The van der Waals surface area contributed by atoms with Crippen LogP contribution >= 0.6 is 0 Å². The highest BCUT2D eigenvalue weighted by molar-refractivity contribution is 5.80. The molecule has 1 aliphatic heterocycles. The van der Waals surface area contributed by atoms with Crippen molar-refractivity contribution < 1.29 is 19.0 Å². The number of carbonyl (C=O) groups excluding carboxylic acids is 1. The van der Waals surface area contributed by atoms with Gasteiger partial charge in [-0.3, -0.25) is 9.69 Å². The molecule has 0 spiro atoms. The van der Waals surface area contributed by atoms with E-state index in [2.05, 4.69) is 10.2 Å². The van der Waals surface area contributed by atoms with Crippen LogP contribution in [0.1, 0.15) is 18.4 Å². The topological polar surface area (TPSA) is 60.0 Å². The second kappa shape index (κ2) is 8.06. The van der Waals surface area contributed by atoms with E-state index >= 15 is 0 Å². The van der Waals surface area contributed by atoms with E-state index in [-0.39, 0.29) is 17.7 Å². The quantitative estimate of drug-likeness (QED) is 0.774. The number of hydrogen-bond donors (Lipinski definition) is 1. The summed E-state index contributed by atoms with van der Waals surface area (Å²) in [6.07, 6.45) is 2.22. The molecule has 2 aliphatic rings. The van der Waals surface area contributed by atoms with E-state index in [0.29, 0.717) is 12.6 Å². The average Bonchev–Trinajstić information content (AvgIpc) is 3.34. The van der Waals surface area contributed by atoms with Crippen LogP contribution in [0.4, 0.5) is 0 Å². The van der Waals surface area contributed by atoms with Crippen LogP contribution in [0.2, 0.25) is 0 Å². The molecule has 1 aromatic rings. The van der Waals surface area contributed by atoms with E-state index in [1.165, 1.54) is 0 Å². The Balaban J connectivity index is 1.69. The molecule has 138 valence electrons. The molecule has 1 amide bonds. The summed E-state index contributed by atoms with van der Waals surface area (Å²) in [4.78, 5) is 14.9. The molecule has 6 heteroatoms. The van der Waals surface area contributed by atoms with E-state index in [4.69, 9.17) is 14.2 Å². The second-order valence-corrected chi connectivity index (χ2v) is 6.95. The summed E-state index contributed by atoms with van der Waals surface area (Å²) in [5.41, 5.74) is 1.07. The van der Waals surface area contributed by atoms with Crippen molar-refractivity contribution in [3.05, 3.63) is 23.8 Å². The summed E-state index contributed by atoms with van der Waals surface area (Å²) in [5.74, 6) is 1.87. The van der Waals surface area contributed by atoms with Crippen LogP contribution in [0, 0.1) is 11.8 Å². The van der Waals surface area contributed by atoms with Crippen LogP contribution in [0.15, 0.2) is 18.2 Å². The smallest absolute Gasteiger partial charge is 0.225 e. The van der Waals surface area contributed by atoms with Crippen molar-refractivity contribution in [1.82, 2.24) is 10.2 Å². The minimum absolute atomic E-state index is 0.0165. The lowest BCUT2D eigenvalue weighted by molar-refractivity contribution is -0.126. The van der Waals surface area contributed by atoms with Crippen LogP contribution in [-0.4, -0.2) is 57.9 Å². The van der Waals surface area contributed by atoms with Crippen molar-refractivity contribution in [2.24, 2.45) is 11.8 Å². The van der Waals surface area contributed by atoms with Gasteiger partial charge in [-0.1, -0.05) is 12.1 Å². The lowest BCUT2D eigenvalue weighted by Gasteiger charge is -2.19. The van der Waals surface area contributed by atoms with E-state index in [1.54, 1.807) is 21.3 Å². The minimum atomic E-state index is -0.0165. The minimum Gasteiger partial charge on any atom is -0.493 e. The van der Waals surface area contributed by atoms with E-state index in [9.17, 15) is 4.79 Å². The predicted molar refractivity (Wildman–Crippen MR) is 94.8 cm³/mol. The van der Waals surface area contributed by atoms with Gasteiger partial charge in [0.25, 0.3) is 0 Å². The molecule has 1 saturated carbocycles. The van der Waals surface area contributed by atoms with Crippen molar-refractivity contribution in [1.29, 1.82) is 0 Å². The third-order valence-electron chi connectivity index (χ3n) is 5.04. The molecule has 1 heterocycles. The number of nitrogens with zero attached hydrogens (tertiary/aromatic N) is 1. The molecule has 25 heavy (non-hydrogen) atoms. The fourth-order valence-electron chi connectivity index (χ4n) is 3.62. The molecule has 3 rings (SSSR count). The molecular weight excluding hydrogens is 320 g/mol. The monoisotopic (exact) mass is 348 g/mol. The van der Waals surface area contributed by atoms with E-state index in [1.807, 2.05) is 18.2 Å². The Hall–Kier alpha value is -1.79. The lowest BCUT2D eigenvalue weighted by atomic mass is 9.96. The van der Waals surface area contributed by atoms with Gasteiger partial charge >= 0.3 is 0 Å². The number of carbonyl (C=O) groups is 1. The molecule has 1 saturated heterocycles. The Labute approximate surface area is 149 Å². The second-order valence-electron chi connectivity index (χ2n) is 6.95. The van der Waals surface area contributed by atoms with E-state index in [0.717, 1.165) is 49.5 Å². The number of amides is 1. The van der Waals surface area contributed by atoms with Crippen molar-refractivity contribution in [3.8, 4) is 11.5 Å². The van der Waals surface area contributed by atoms with Gasteiger partial charge < -0.3 is 19.5 Å². The maximum absolute atomic E-state index is 12.6. The van der Waals surface area contributed by atoms with Crippen molar-refractivity contribution in [3.63, 3.8) is 0 Å². The number of ether oxygens (including phenoxy) is 3. The molecule has 2 atom stereocenters. The highest BCUT2D eigenvalue weighted by Gasteiger charge is 2.39. The predicted octanol–water partition coefficient (Wildman–Crippen LogP) is 1.68. The molecule has 0 radical (unpaired) electrons. The van der Waals surface area contributed by atoms with Crippen LogP contribution in [0.3, 0.4) is 0 Å². The molecule has 1 aliphatic carbocycles. The Morgan fingerprint density at radius 2 is 2.00 bits per heavy atom. The first-order valence-corrected chi connectivity index (χ1v) is 8.87. The van der Waals surface area contributed by atoms with Gasteiger partial charge in [-0.2, -0.15) is 0 Å². The molecule has 0 aromatic heterocycles. The van der Waals surface area contributed by atoms with Crippen LogP contribution in [-0.2, 0) is 16.1 Å². The van der Waals surface area contributed by atoms with E-state index < -0.39 is 0 Å². The molecule has 0 bridgehead atoms. The number of likely N-dealkylation sites (tertiary alicyclic amines) is 1. The highest BCUT2D eigenvalue weighted by Crippen LogP contribution is 2.34. The zero-order valence-electron chi connectivity index (χ0n) is 15.3. The Kier molecular flexibility index (Phi) is 5.81. The molecule has 6 nitrogen and oxygen atoms in total. The number of para-hydroxylation sites is 1. The van der Waals surface area contributed by atoms with Crippen molar-refractivity contribution >= 4 is 5.91 Å². The number of nitrogens with one attached hydrogen (secondary N) is 1. The van der Waals surface area contributed by atoms with Gasteiger partial charge in [0.15, 0.2) is 11.5 Å². The summed E-state index contributed by atoms with van der Waals surface area (Å²) in [6.45, 7) is 2.92. The average molecular weight is 348 g/mol. The first-order valence-electron chi connectivity index (χ1n) is 8.87. The summed E-state index contributed by atoms with van der Waals surface area (Å²) in [7, 11) is 5.00. The number of rotatable bonds is 8. The fourth-order valence-corrected chi connectivity index (χ4v) is 3.62. The molecule has 1 aromatic carbocycles. The zero-order valence-corrected chi connectivity index (χ0v) is 15.3. The third kappa shape index (κ3) is 4.25. The lowest BCUT2D eigenvalue weighted by Crippen LogP contribution is -2.37. The SMILES string of the molecule is COC[C@@H]1CN(Cc2cccc(OC)c2OC)C[C@H]1C(=O)NC1CC1. The van der Waals surface area contributed by atoms with Gasteiger partial charge in [0.2, 0.25) is 5.91 Å². The van der Waals surface area contributed by atoms with Crippen molar-refractivity contribution in [2.75, 3.05) is 41.0 Å². The fraction of sp³-hybridized carbons (Fsp3) is 0.632. The summed E-state index contributed by atoms with van der Waals surface area (Å²) in [6, 6.07) is 6.30. The summed E-state index contributed by atoms with van der Waals surface area (Å²) in [5, 5.41) is 3.14. The zero-order chi connectivity index (χ0) is 17.8. The summed E-state index contributed by atoms with van der Waals surface area (Å²) < 4.78 is 16.3. The Morgan fingerprint density at radius 1 is 1.20 bits per heavy atom. The summed E-state index contributed by atoms with van der Waals surface area (Å²) >= 11 is 0. The standard InChI is InChI=1S/C19H28N2O4/c1-23-12-14-10-21(11-16(14)19(22)20-15-7-8-15)9-13-5-4-6-17(24-2)18(13)25-3/h4-6,14-16H,7-12H2,1-3H3,(H,20,22)/t14-,16+/m0/s1. The third-order valence-corrected chi connectivity index (χ3v) is 5.04. The number of benzene rings is 1. The van der Waals surface area contributed by atoms with Crippen molar-refractivity contribution in [2.45, 2.75) is 25.4 Å². The molecular formula is C19H28N2O4. The van der Waals surface area contributed by atoms with Crippen LogP contribution < -0.4 is 14.8 Å². The van der Waals surface area contributed by atoms with Crippen LogP contribution in [0.5, 0.6) is 11.5 Å². The maximum atomic E-state index is 12.6. The highest BCUT2D eigenvalue weighted by atomic mass is 16.5. The number of hydrogen-bond acceptors (Lipinski definition) is 5. The Bertz CT molecular complexity index is 603. The van der Waals surface area contributed by atoms with Gasteiger partial charge in [0.1, 0.15) is 0 Å². The first-order chi connectivity index (χ1) is 12.2. The van der Waals surface area contributed by atoms with Crippen LogP contribution in [0.25, 0.3) is 0 Å². The first kappa shape index (κ1) is 18.0. The molecule has 0 unspecified atom stereocenters. The van der Waals surface area contributed by atoms with Gasteiger partial charge in [-0.15, -0.1) is 0 Å². The number of methoxy groups -OCH3 is 3. The van der Waals surface area contributed by atoms with Gasteiger partial charge in [-0.05, 0) is 18.9 Å².